The third-order valence-corrected chi connectivity index (χ3v) is 3.73. The van der Waals surface area contributed by atoms with Gasteiger partial charge in [-0.3, -0.25) is 4.79 Å². The molecule has 0 saturated carbocycles. The summed E-state index contributed by atoms with van der Waals surface area (Å²) in [5.41, 5.74) is 2.11. The molecule has 1 aromatic rings. The van der Waals surface area contributed by atoms with E-state index in [1.54, 1.807) is 26.8 Å². The van der Waals surface area contributed by atoms with Crippen molar-refractivity contribution in [1.82, 2.24) is 4.98 Å². The van der Waals surface area contributed by atoms with Gasteiger partial charge in [0.15, 0.2) is 0 Å². The van der Waals surface area contributed by atoms with Crippen LogP contribution in [0.25, 0.3) is 0 Å². The van der Waals surface area contributed by atoms with Crippen LogP contribution in [0.1, 0.15) is 57.4 Å². The number of aromatic amines is 1. The van der Waals surface area contributed by atoms with Gasteiger partial charge in [-0.2, -0.15) is 0 Å². The van der Waals surface area contributed by atoms with E-state index in [9.17, 15) is 15.0 Å². The molecule has 0 bridgehead atoms. The fraction of sp³-hybridized carbons (Fsp3) is 0.526. The maximum atomic E-state index is 11.9. The minimum atomic E-state index is -0.803. The van der Waals surface area contributed by atoms with Crippen molar-refractivity contribution in [2.45, 2.75) is 65.9 Å². The maximum absolute atomic E-state index is 11.9. The lowest BCUT2D eigenvalue weighted by Crippen LogP contribution is -2.15. The fourth-order valence-corrected chi connectivity index (χ4v) is 2.37. The van der Waals surface area contributed by atoms with Gasteiger partial charge in [0.2, 0.25) is 0 Å². The second-order valence-corrected chi connectivity index (χ2v) is 6.65. The van der Waals surface area contributed by atoms with Crippen molar-refractivity contribution in [3.63, 3.8) is 0 Å². The second kappa shape index (κ2) is 8.16. The van der Waals surface area contributed by atoms with Gasteiger partial charge in [-0.15, -0.1) is 0 Å². The molecule has 3 N–H and O–H groups in total. The Morgan fingerprint density at radius 3 is 2.57 bits per heavy atom. The molecule has 0 aliphatic carbocycles. The van der Waals surface area contributed by atoms with Crippen molar-refractivity contribution in [3.8, 4) is 5.75 Å². The van der Waals surface area contributed by atoms with Crippen molar-refractivity contribution in [2.75, 3.05) is 0 Å². The molecule has 1 aromatic heterocycles. The maximum Gasteiger partial charge on any atom is 0.254 e. The van der Waals surface area contributed by atoms with E-state index in [-0.39, 0.29) is 11.3 Å². The zero-order valence-corrected chi connectivity index (χ0v) is 14.9. The number of allylic oxidation sites excluding steroid dienone is 3. The van der Waals surface area contributed by atoms with Crippen LogP contribution in [0.2, 0.25) is 0 Å². The first-order valence-corrected chi connectivity index (χ1v) is 8.15. The van der Waals surface area contributed by atoms with Crippen LogP contribution in [-0.2, 0) is 12.8 Å². The lowest BCUT2D eigenvalue weighted by Gasteiger charge is -2.12. The minimum Gasteiger partial charge on any atom is -0.507 e. The topological polar surface area (TPSA) is 73.3 Å². The molecule has 0 amide bonds. The highest BCUT2D eigenvalue weighted by atomic mass is 16.3. The average Bonchev–Trinajstić information content (AvgIpc) is 2.45. The molecule has 0 atom stereocenters. The summed E-state index contributed by atoms with van der Waals surface area (Å²) in [6.07, 6.45) is 8.73. The standard InChI is InChI=1S/C19H29NO3/c1-6-8-15-16(20-18(22)14(3)17(15)21)11-10-13(2)9-7-12-19(4,5)23/h7,10,12,23H,6,8-9,11H2,1-5H3,(H2,20,21,22)/b12-7+,13-10+. The van der Waals surface area contributed by atoms with E-state index < -0.39 is 5.60 Å². The molecule has 4 heteroatoms. The molecular formula is C19H29NO3. The Morgan fingerprint density at radius 2 is 2.00 bits per heavy atom. The molecule has 0 fully saturated rings. The summed E-state index contributed by atoms with van der Waals surface area (Å²) in [5, 5.41) is 19.9. The minimum absolute atomic E-state index is 0.124. The third-order valence-electron chi connectivity index (χ3n) is 3.73. The molecule has 1 rings (SSSR count). The van der Waals surface area contributed by atoms with Crippen LogP contribution >= 0.6 is 0 Å². The molecule has 0 radical (unpaired) electrons. The predicted octanol–water partition coefficient (Wildman–Crippen LogP) is 3.55. The number of pyridine rings is 1. The van der Waals surface area contributed by atoms with Crippen molar-refractivity contribution >= 4 is 0 Å². The number of rotatable bonds is 7. The average molecular weight is 319 g/mol. The summed E-state index contributed by atoms with van der Waals surface area (Å²) in [6.45, 7) is 9.17. The molecule has 0 spiro atoms. The molecule has 0 aliphatic heterocycles. The zero-order valence-electron chi connectivity index (χ0n) is 14.9. The van der Waals surface area contributed by atoms with E-state index in [4.69, 9.17) is 0 Å². The molecule has 0 aliphatic rings. The van der Waals surface area contributed by atoms with Gasteiger partial charge in [0.05, 0.1) is 11.2 Å². The Balaban J connectivity index is 2.94. The smallest absolute Gasteiger partial charge is 0.254 e. The van der Waals surface area contributed by atoms with Crippen LogP contribution < -0.4 is 5.56 Å². The summed E-state index contributed by atoms with van der Waals surface area (Å²) in [5.74, 6) is 0.124. The molecule has 23 heavy (non-hydrogen) atoms. The van der Waals surface area contributed by atoms with Crippen LogP contribution in [0, 0.1) is 6.92 Å². The quantitative estimate of drug-likeness (QED) is 0.673. The van der Waals surface area contributed by atoms with Crippen LogP contribution in [0.15, 0.2) is 28.6 Å². The van der Waals surface area contributed by atoms with Crippen LogP contribution in [0.3, 0.4) is 0 Å². The molecule has 128 valence electrons. The number of aliphatic hydroxyl groups is 1. The van der Waals surface area contributed by atoms with E-state index >= 15 is 0 Å². The van der Waals surface area contributed by atoms with Crippen molar-refractivity contribution in [1.29, 1.82) is 0 Å². The first kappa shape index (κ1) is 19.2. The number of hydrogen-bond acceptors (Lipinski definition) is 3. The summed E-state index contributed by atoms with van der Waals surface area (Å²) in [4.78, 5) is 14.8. The Labute approximate surface area is 138 Å². The van der Waals surface area contributed by atoms with Crippen LogP contribution in [-0.4, -0.2) is 20.8 Å². The highest BCUT2D eigenvalue weighted by molar-refractivity contribution is 5.41. The van der Waals surface area contributed by atoms with E-state index in [1.807, 2.05) is 26.0 Å². The van der Waals surface area contributed by atoms with Crippen LogP contribution in [0.5, 0.6) is 5.75 Å². The Kier molecular flexibility index (Phi) is 6.82. The summed E-state index contributed by atoms with van der Waals surface area (Å²) < 4.78 is 0. The largest absolute Gasteiger partial charge is 0.507 e. The molecular weight excluding hydrogens is 290 g/mol. The fourth-order valence-electron chi connectivity index (χ4n) is 2.37. The predicted molar refractivity (Wildman–Crippen MR) is 95.0 cm³/mol. The van der Waals surface area contributed by atoms with Crippen molar-refractivity contribution in [2.24, 2.45) is 0 Å². The van der Waals surface area contributed by atoms with E-state index in [0.29, 0.717) is 12.0 Å². The number of aromatic nitrogens is 1. The summed E-state index contributed by atoms with van der Waals surface area (Å²) in [7, 11) is 0. The Hall–Kier alpha value is -1.81. The van der Waals surface area contributed by atoms with Gasteiger partial charge >= 0.3 is 0 Å². The first-order valence-electron chi connectivity index (χ1n) is 8.15. The molecule has 1 heterocycles. The van der Waals surface area contributed by atoms with Gasteiger partial charge in [-0.1, -0.05) is 37.1 Å². The van der Waals surface area contributed by atoms with Gasteiger partial charge in [0.1, 0.15) is 5.75 Å². The Morgan fingerprint density at radius 1 is 1.35 bits per heavy atom. The Bertz CT molecular complexity index is 646. The van der Waals surface area contributed by atoms with Crippen LogP contribution in [0.4, 0.5) is 0 Å². The van der Waals surface area contributed by atoms with Gasteiger partial charge in [0, 0.05) is 17.7 Å². The molecule has 4 nitrogen and oxygen atoms in total. The number of H-pyrrole nitrogens is 1. The monoisotopic (exact) mass is 319 g/mol. The van der Waals surface area contributed by atoms with Gasteiger partial charge in [-0.25, -0.2) is 0 Å². The number of aromatic hydroxyl groups is 1. The molecule has 0 saturated heterocycles. The molecule has 0 unspecified atom stereocenters. The SMILES string of the molecule is CCCc1c(C/C=C(\C)C/C=C/C(C)(C)O)[nH]c(=O)c(C)c1O. The second-order valence-electron chi connectivity index (χ2n) is 6.65. The number of hydrogen-bond donors (Lipinski definition) is 3. The third kappa shape index (κ3) is 6.06. The van der Waals surface area contributed by atoms with E-state index in [2.05, 4.69) is 4.98 Å². The molecule has 0 aromatic carbocycles. The first-order chi connectivity index (χ1) is 10.7. The van der Waals surface area contributed by atoms with E-state index in [0.717, 1.165) is 36.1 Å². The number of nitrogens with one attached hydrogen (secondary N) is 1. The summed E-state index contributed by atoms with van der Waals surface area (Å²) in [6, 6.07) is 0. The van der Waals surface area contributed by atoms with Gasteiger partial charge in [0.25, 0.3) is 5.56 Å². The van der Waals surface area contributed by atoms with Gasteiger partial charge in [-0.05, 0) is 40.5 Å². The summed E-state index contributed by atoms with van der Waals surface area (Å²) >= 11 is 0. The van der Waals surface area contributed by atoms with E-state index in [1.165, 1.54) is 0 Å². The lowest BCUT2D eigenvalue weighted by molar-refractivity contribution is 0.133. The van der Waals surface area contributed by atoms with Crippen molar-refractivity contribution < 1.29 is 10.2 Å². The highest BCUT2D eigenvalue weighted by Gasteiger charge is 2.12. The highest BCUT2D eigenvalue weighted by Crippen LogP contribution is 2.23. The zero-order chi connectivity index (χ0) is 17.6. The van der Waals surface area contributed by atoms with Gasteiger partial charge < -0.3 is 15.2 Å². The van der Waals surface area contributed by atoms with Crippen molar-refractivity contribution in [3.05, 3.63) is 51.0 Å². The lowest BCUT2D eigenvalue weighted by atomic mass is 10.0. The normalized spacial score (nSPS) is 13.0.